The first-order chi connectivity index (χ1) is 20.3. The Bertz CT molecular complexity index is 1260. The number of hydrogen-bond donors (Lipinski definition) is 0. The first-order valence-electron chi connectivity index (χ1n) is 14.2. The van der Waals surface area contributed by atoms with Gasteiger partial charge in [-0.25, -0.2) is 0 Å². The number of thioether (sulfide) groups is 1. The molecule has 5 rings (SSSR count). The SMILES string of the molecule is CCSC1OC(COCc2ccccc2)C(OCc2ccccc2)C(OCc2ccccc2)C1Oc1ccccc1. The molecule has 1 saturated heterocycles. The van der Waals surface area contributed by atoms with Gasteiger partial charge in [0.05, 0.1) is 26.4 Å². The molecule has 1 heterocycles. The van der Waals surface area contributed by atoms with Crippen molar-refractivity contribution in [2.75, 3.05) is 12.4 Å². The summed E-state index contributed by atoms with van der Waals surface area (Å²) in [7, 11) is 0. The van der Waals surface area contributed by atoms with Crippen molar-refractivity contribution >= 4 is 11.8 Å². The number of para-hydroxylation sites is 1. The van der Waals surface area contributed by atoms with Crippen LogP contribution in [0.4, 0.5) is 0 Å². The van der Waals surface area contributed by atoms with E-state index >= 15 is 0 Å². The molecular weight excluding hydrogens is 532 g/mol. The van der Waals surface area contributed by atoms with Crippen molar-refractivity contribution in [3.05, 3.63) is 138 Å². The van der Waals surface area contributed by atoms with Crippen molar-refractivity contribution in [3.63, 3.8) is 0 Å². The summed E-state index contributed by atoms with van der Waals surface area (Å²) in [5.74, 6) is 1.65. The largest absolute Gasteiger partial charge is 0.484 e. The molecular formula is C35H38O5S. The lowest BCUT2D eigenvalue weighted by Gasteiger charge is -2.46. The predicted octanol–water partition coefficient (Wildman–Crippen LogP) is 7.30. The topological polar surface area (TPSA) is 46.2 Å². The molecule has 41 heavy (non-hydrogen) atoms. The number of benzene rings is 4. The summed E-state index contributed by atoms with van der Waals surface area (Å²) < 4.78 is 33.0. The minimum absolute atomic E-state index is 0.261. The fourth-order valence-electron chi connectivity index (χ4n) is 4.88. The Morgan fingerprint density at radius 3 is 1.61 bits per heavy atom. The van der Waals surface area contributed by atoms with Crippen LogP contribution in [0.1, 0.15) is 23.6 Å². The molecule has 5 nitrogen and oxygen atoms in total. The van der Waals surface area contributed by atoms with Crippen molar-refractivity contribution < 1.29 is 23.7 Å². The molecule has 1 aliphatic rings. The molecule has 0 saturated carbocycles. The predicted molar refractivity (Wildman–Crippen MR) is 164 cm³/mol. The van der Waals surface area contributed by atoms with E-state index in [0.29, 0.717) is 26.4 Å². The zero-order valence-electron chi connectivity index (χ0n) is 23.4. The van der Waals surface area contributed by atoms with Crippen LogP contribution in [0, 0.1) is 0 Å². The number of hydrogen-bond acceptors (Lipinski definition) is 6. The van der Waals surface area contributed by atoms with Crippen LogP contribution in [0.25, 0.3) is 0 Å². The Morgan fingerprint density at radius 1 is 0.585 bits per heavy atom. The lowest BCUT2D eigenvalue weighted by molar-refractivity contribution is -0.237. The molecule has 4 aromatic rings. The van der Waals surface area contributed by atoms with Gasteiger partial charge in [0, 0.05) is 0 Å². The van der Waals surface area contributed by atoms with Gasteiger partial charge < -0.3 is 23.7 Å². The van der Waals surface area contributed by atoms with Crippen molar-refractivity contribution in [2.24, 2.45) is 0 Å². The van der Waals surface area contributed by atoms with Gasteiger partial charge in [0.15, 0.2) is 6.10 Å². The minimum Gasteiger partial charge on any atom is -0.484 e. The minimum atomic E-state index is -0.419. The van der Waals surface area contributed by atoms with Crippen LogP contribution in [0.15, 0.2) is 121 Å². The molecule has 0 aromatic heterocycles. The zero-order valence-corrected chi connectivity index (χ0v) is 24.2. The summed E-state index contributed by atoms with van der Waals surface area (Å²) in [5, 5.41) is 0. The van der Waals surface area contributed by atoms with E-state index in [4.69, 9.17) is 23.7 Å². The zero-order chi connectivity index (χ0) is 28.1. The van der Waals surface area contributed by atoms with Gasteiger partial charge in [-0.3, -0.25) is 0 Å². The van der Waals surface area contributed by atoms with E-state index in [-0.39, 0.29) is 11.5 Å². The molecule has 0 amide bonds. The molecule has 6 heteroatoms. The van der Waals surface area contributed by atoms with Crippen molar-refractivity contribution in [3.8, 4) is 5.75 Å². The van der Waals surface area contributed by atoms with Crippen LogP contribution in [0.3, 0.4) is 0 Å². The van der Waals surface area contributed by atoms with E-state index in [2.05, 4.69) is 43.3 Å². The van der Waals surface area contributed by atoms with Crippen LogP contribution in [0.2, 0.25) is 0 Å². The summed E-state index contributed by atoms with van der Waals surface area (Å²) in [4.78, 5) is 0. The second kappa shape index (κ2) is 15.8. The highest BCUT2D eigenvalue weighted by Gasteiger charge is 2.49. The molecule has 0 aliphatic carbocycles. The third-order valence-electron chi connectivity index (χ3n) is 6.90. The summed E-state index contributed by atoms with van der Waals surface area (Å²) in [6.45, 7) is 3.87. The van der Waals surface area contributed by atoms with Gasteiger partial charge in [-0.1, -0.05) is 116 Å². The quantitative estimate of drug-likeness (QED) is 0.159. The van der Waals surface area contributed by atoms with Crippen LogP contribution in [0.5, 0.6) is 5.75 Å². The van der Waals surface area contributed by atoms with Crippen LogP contribution in [-0.4, -0.2) is 42.2 Å². The summed E-state index contributed by atoms with van der Waals surface area (Å²) in [5.41, 5.74) is 3.04. The Kier molecular flexibility index (Phi) is 11.3. The summed E-state index contributed by atoms with van der Waals surface area (Å²) in [6, 6.07) is 40.5. The van der Waals surface area contributed by atoms with Crippen molar-refractivity contribution in [1.82, 2.24) is 0 Å². The van der Waals surface area contributed by atoms with Crippen LogP contribution in [-0.2, 0) is 38.8 Å². The second-order valence-corrected chi connectivity index (χ2v) is 11.3. The van der Waals surface area contributed by atoms with E-state index < -0.39 is 18.3 Å². The molecule has 4 aromatic carbocycles. The van der Waals surface area contributed by atoms with Gasteiger partial charge in [-0.15, -0.1) is 11.8 Å². The number of ether oxygens (including phenoxy) is 5. The van der Waals surface area contributed by atoms with E-state index in [9.17, 15) is 0 Å². The smallest absolute Gasteiger partial charge is 0.163 e. The lowest BCUT2D eigenvalue weighted by atomic mass is 9.98. The molecule has 0 N–H and O–H groups in total. The van der Waals surface area contributed by atoms with E-state index in [1.165, 1.54) is 0 Å². The van der Waals surface area contributed by atoms with Crippen molar-refractivity contribution in [2.45, 2.75) is 56.6 Å². The van der Waals surface area contributed by atoms with Crippen LogP contribution < -0.4 is 4.74 Å². The first-order valence-corrected chi connectivity index (χ1v) is 15.3. The monoisotopic (exact) mass is 570 g/mol. The highest BCUT2D eigenvalue weighted by molar-refractivity contribution is 7.99. The summed E-state index contributed by atoms with van der Waals surface area (Å²) >= 11 is 1.72. The Labute approximate surface area is 247 Å². The molecule has 0 bridgehead atoms. The highest BCUT2D eigenvalue weighted by Crippen LogP contribution is 2.35. The summed E-state index contributed by atoms with van der Waals surface area (Å²) in [6.07, 6.45) is -1.56. The Hall–Kier alpha value is -3.13. The molecule has 0 spiro atoms. The van der Waals surface area contributed by atoms with E-state index in [1.807, 2.05) is 84.9 Å². The van der Waals surface area contributed by atoms with E-state index in [1.54, 1.807) is 11.8 Å². The normalized spacial score (nSPS) is 22.3. The Morgan fingerprint density at radius 2 is 1.07 bits per heavy atom. The number of rotatable bonds is 14. The lowest BCUT2D eigenvalue weighted by Crippen LogP contribution is -2.61. The fourth-order valence-corrected chi connectivity index (χ4v) is 5.83. The van der Waals surface area contributed by atoms with Gasteiger partial charge in [0.1, 0.15) is 29.5 Å². The van der Waals surface area contributed by atoms with Gasteiger partial charge in [-0.2, -0.15) is 0 Å². The molecule has 1 fully saturated rings. The van der Waals surface area contributed by atoms with E-state index in [0.717, 1.165) is 28.2 Å². The van der Waals surface area contributed by atoms with Crippen LogP contribution >= 0.6 is 11.8 Å². The second-order valence-electron chi connectivity index (χ2n) is 9.92. The Balaban J connectivity index is 1.42. The van der Waals surface area contributed by atoms with Gasteiger partial charge in [-0.05, 0) is 34.6 Å². The maximum Gasteiger partial charge on any atom is 0.163 e. The molecule has 5 atom stereocenters. The molecule has 5 unspecified atom stereocenters. The molecule has 214 valence electrons. The molecule has 1 aliphatic heterocycles. The van der Waals surface area contributed by atoms with Gasteiger partial charge in [0.2, 0.25) is 0 Å². The van der Waals surface area contributed by atoms with Gasteiger partial charge >= 0.3 is 0 Å². The molecule has 0 radical (unpaired) electrons. The highest BCUT2D eigenvalue weighted by atomic mass is 32.2. The standard InChI is InChI=1S/C35H38O5S/c1-2-41-35-34(39-30-21-13-6-14-22-30)33(38-25-29-19-11-5-12-20-29)32(37-24-28-17-9-4-10-18-28)31(40-35)26-36-23-27-15-7-3-8-16-27/h3-22,31-35H,2,23-26H2,1H3. The maximum absolute atomic E-state index is 6.74. The average Bonchev–Trinajstić information content (AvgIpc) is 3.03. The third-order valence-corrected chi connectivity index (χ3v) is 7.94. The average molecular weight is 571 g/mol. The van der Waals surface area contributed by atoms with Crippen molar-refractivity contribution in [1.29, 1.82) is 0 Å². The maximum atomic E-state index is 6.74. The first kappa shape index (κ1) is 29.4. The fraction of sp³-hybridized carbons (Fsp3) is 0.314. The third kappa shape index (κ3) is 8.68. The van der Waals surface area contributed by atoms with Gasteiger partial charge in [0.25, 0.3) is 0 Å².